The number of rotatable bonds is 13. The van der Waals surface area contributed by atoms with E-state index in [0.29, 0.717) is 6.42 Å². The first-order chi connectivity index (χ1) is 9.35. The van der Waals surface area contributed by atoms with Gasteiger partial charge in [-0.25, -0.2) is 4.18 Å². The van der Waals surface area contributed by atoms with Gasteiger partial charge in [0.15, 0.2) is 6.29 Å². The number of aliphatic hydroxyl groups is 1. The largest absolute Gasteiger partial charge is 0.367 e. The maximum Gasteiger partial charge on any atom is 0.266 e. The summed E-state index contributed by atoms with van der Waals surface area (Å²) in [6.07, 6.45) is 9.40. The van der Waals surface area contributed by atoms with Crippen LogP contribution in [0.25, 0.3) is 0 Å². The summed E-state index contributed by atoms with van der Waals surface area (Å²) in [6.45, 7) is 1.94. The number of carbonyl (C=O) groups is 1. The Morgan fingerprint density at radius 3 is 1.90 bits per heavy atom. The molecule has 0 aliphatic carbocycles. The van der Waals surface area contributed by atoms with E-state index in [9.17, 15) is 18.3 Å². The molecule has 0 aromatic rings. The second-order valence-electron chi connectivity index (χ2n) is 5.42. The van der Waals surface area contributed by atoms with Crippen molar-refractivity contribution in [1.29, 1.82) is 0 Å². The van der Waals surface area contributed by atoms with E-state index in [4.69, 9.17) is 0 Å². The van der Waals surface area contributed by atoms with Crippen LogP contribution < -0.4 is 0 Å². The smallest absolute Gasteiger partial charge is 0.266 e. The van der Waals surface area contributed by atoms with Crippen molar-refractivity contribution in [3.8, 4) is 0 Å². The number of carbonyl (C=O) groups excluding carboxylic acids is 1. The van der Waals surface area contributed by atoms with E-state index in [1.54, 1.807) is 0 Å². The lowest BCUT2D eigenvalue weighted by molar-refractivity contribution is -0.110. The standard InChI is InChI=1S/C14H28O5S/c1-13(12-15)10-8-6-4-3-5-7-9-11-14(16)19-20(2,17)18/h12-14,16H,3-11H2,1-2H3. The van der Waals surface area contributed by atoms with Crippen LogP contribution in [-0.4, -0.2) is 32.4 Å². The monoisotopic (exact) mass is 308 g/mol. The first-order valence-electron chi connectivity index (χ1n) is 7.37. The second kappa shape index (κ2) is 11.2. The van der Waals surface area contributed by atoms with Crippen molar-refractivity contribution < 1.29 is 22.5 Å². The van der Waals surface area contributed by atoms with Gasteiger partial charge < -0.3 is 9.90 Å². The molecule has 0 aromatic heterocycles. The van der Waals surface area contributed by atoms with Gasteiger partial charge in [0.05, 0.1) is 6.26 Å². The molecule has 0 spiro atoms. The Hall–Kier alpha value is -0.460. The van der Waals surface area contributed by atoms with Crippen molar-refractivity contribution in [2.75, 3.05) is 6.26 Å². The summed E-state index contributed by atoms with van der Waals surface area (Å²) in [7, 11) is -3.57. The number of hydrogen-bond donors (Lipinski definition) is 1. The lowest BCUT2D eigenvalue weighted by Gasteiger charge is -2.09. The Morgan fingerprint density at radius 1 is 1.00 bits per heavy atom. The molecule has 0 fully saturated rings. The fraction of sp³-hybridized carbons (Fsp3) is 0.929. The third kappa shape index (κ3) is 14.0. The summed E-state index contributed by atoms with van der Waals surface area (Å²) in [5.41, 5.74) is 0. The predicted octanol–water partition coefficient (Wildman–Crippen LogP) is 2.63. The molecule has 20 heavy (non-hydrogen) atoms. The van der Waals surface area contributed by atoms with E-state index in [1.165, 1.54) is 0 Å². The molecule has 0 heterocycles. The molecule has 120 valence electrons. The molecule has 1 N–H and O–H groups in total. The van der Waals surface area contributed by atoms with Crippen LogP contribution in [-0.2, 0) is 19.1 Å². The van der Waals surface area contributed by atoms with Gasteiger partial charge in [0.1, 0.15) is 6.29 Å². The first kappa shape index (κ1) is 19.5. The minimum Gasteiger partial charge on any atom is -0.367 e. The summed E-state index contributed by atoms with van der Waals surface area (Å²) in [6, 6.07) is 0. The van der Waals surface area contributed by atoms with Crippen molar-refractivity contribution in [2.24, 2.45) is 5.92 Å². The van der Waals surface area contributed by atoms with Gasteiger partial charge in [-0.1, -0.05) is 45.4 Å². The Bertz CT molecular complexity index is 339. The van der Waals surface area contributed by atoms with Gasteiger partial charge in [-0.15, -0.1) is 0 Å². The summed E-state index contributed by atoms with van der Waals surface area (Å²) >= 11 is 0. The van der Waals surface area contributed by atoms with Crippen LogP contribution in [0.1, 0.15) is 64.7 Å². The number of aliphatic hydroxyl groups excluding tert-OH is 1. The summed E-state index contributed by atoms with van der Waals surface area (Å²) in [4.78, 5) is 10.4. The zero-order valence-corrected chi connectivity index (χ0v) is 13.4. The molecule has 0 rings (SSSR count). The SMILES string of the molecule is CC(C=O)CCCCCCCCCC(O)OS(C)(=O)=O. The highest BCUT2D eigenvalue weighted by atomic mass is 32.2. The van der Waals surface area contributed by atoms with Gasteiger partial charge in [0, 0.05) is 5.92 Å². The van der Waals surface area contributed by atoms with Crippen LogP contribution in [0.5, 0.6) is 0 Å². The van der Waals surface area contributed by atoms with Crippen molar-refractivity contribution in [2.45, 2.75) is 71.0 Å². The molecule has 0 saturated carbocycles. The van der Waals surface area contributed by atoms with Crippen molar-refractivity contribution in [3.63, 3.8) is 0 Å². The van der Waals surface area contributed by atoms with Crippen molar-refractivity contribution in [1.82, 2.24) is 0 Å². The third-order valence-electron chi connectivity index (χ3n) is 3.13. The molecular formula is C14H28O5S. The highest BCUT2D eigenvalue weighted by Crippen LogP contribution is 2.13. The van der Waals surface area contributed by atoms with Gasteiger partial charge in [-0.2, -0.15) is 8.42 Å². The first-order valence-corrected chi connectivity index (χ1v) is 9.18. The van der Waals surface area contributed by atoms with Crippen molar-refractivity contribution in [3.05, 3.63) is 0 Å². The van der Waals surface area contributed by atoms with Crippen LogP contribution >= 0.6 is 0 Å². The third-order valence-corrected chi connectivity index (χ3v) is 3.70. The molecule has 6 heteroatoms. The van der Waals surface area contributed by atoms with Crippen LogP contribution in [0.15, 0.2) is 0 Å². The van der Waals surface area contributed by atoms with E-state index in [1.807, 2.05) is 6.92 Å². The highest BCUT2D eigenvalue weighted by molar-refractivity contribution is 7.86. The molecule has 0 aromatic carbocycles. The predicted molar refractivity (Wildman–Crippen MR) is 78.7 cm³/mol. The molecule has 2 atom stereocenters. The van der Waals surface area contributed by atoms with Crippen LogP contribution in [0.3, 0.4) is 0 Å². The lowest BCUT2D eigenvalue weighted by Crippen LogP contribution is -2.16. The average molecular weight is 308 g/mol. The topological polar surface area (TPSA) is 80.7 Å². The zero-order valence-electron chi connectivity index (χ0n) is 12.6. The molecule has 5 nitrogen and oxygen atoms in total. The van der Waals surface area contributed by atoms with E-state index in [0.717, 1.165) is 63.9 Å². The molecule has 0 bridgehead atoms. The maximum atomic E-state index is 10.7. The summed E-state index contributed by atoms with van der Waals surface area (Å²) in [5.74, 6) is 0.173. The number of hydrogen-bond acceptors (Lipinski definition) is 5. The quantitative estimate of drug-likeness (QED) is 0.245. The van der Waals surface area contributed by atoms with Crippen molar-refractivity contribution >= 4 is 16.4 Å². The maximum absolute atomic E-state index is 10.7. The normalized spacial score (nSPS) is 14.9. The number of aldehydes is 1. The Morgan fingerprint density at radius 2 is 1.45 bits per heavy atom. The van der Waals surface area contributed by atoms with Gasteiger partial charge >= 0.3 is 0 Å². The number of unbranched alkanes of at least 4 members (excludes halogenated alkanes) is 6. The molecule has 0 saturated heterocycles. The minimum absolute atomic E-state index is 0.173. The fourth-order valence-electron chi connectivity index (χ4n) is 1.99. The lowest BCUT2D eigenvalue weighted by atomic mass is 10.0. The van der Waals surface area contributed by atoms with Gasteiger partial charge in [-0.05, 0) is 19.3 Å². The van der Waals surface area contributed by atoms with Crippen LogP contribution in [0, 0.1) is 5.92 Å². The minimum atomic E-state index is -3.57. The van der Waals surface area contributed by atoms with Gasteiger partial charge in [0.2, 0.25) is 0 Å². The fourth-order valence-corrected chi connectivity index (χ4v) is 2.49. The Labute approximate surface area is 122 Å². The molecule has 2 unspecified atom stereocenters. The van der Waals surface area contributed by atoms with Gasteiger partial charge in [0.25, 0.3) is 10.1 Å². The average Bonchev–Trinajstić information content (AvgIpc) is 2.34. The highest BCUT2D eigenvalue weighted by Gasteiger charge is 2.11. The Kier molecular flexibility index (Phi) is 11.0. The van der Waals surface area contributed by atoms with Crippen LogP contribution in [0.4, 0.5) is 0 Å². The van der Waals surface area contributed by atoms with E-state index < -0.39 is 16.4 Å². The van der Waals surface area contributed by atoms with E-state index >= 15 is 0 Å². The Balaban J connectivity index is 3.30. The van der Waals surface area contributed by atoms with E-state index in [2.05, 4.69) is 4.18 Å². The molecule has 0 amide bonds. The zero-order chi connectivity index (χ0) is 15.4. The molecule has 0 aliphatic heterocycles. The van der Waals surface area contributed by atoms with Gasteiger partial charge in [-0.3, -0.25) is 0 Å². The van der Waals surface area contributed by atoms with Crippen LogP contribution in [0.2, 0.25) is 0 Å². The van der Waals surface area contributed by atoms with E-state index in [-0.39, 0.29) is 5.92 Å². The molecule has 0 aliphatic rings. The second-order valence-corrected chi connectivity index (χ2v) is 7.02. The summed E-state index contributed by atoms with van der Waals surface area (Å²) < 4.78 is 25.9. The summed E-state index contributed by atoms with van der Waals surface area (Å²) in [5, 5.41) is 9.30. The molecular weight excluding hydrogens is 280 g/mol. The molecule has 0 radical (unpaired) electrons.